The lowest BCUT2D eigenvalue weighted by molar-refractivity contribution is -0.115. The third kappa shape index (κ3) is 6.58. The summed E-state index contributed by atoms with van der Waals surface area (Å²) >= 11 is 0. The van der Waals surface area contributed by atoms with Gasteiger partial charge in [0.05, 0.1) is 24.4 Å². The molecule has 0 spiro atoms. The van der Waals surface area contributed by atoms with Gasteiger partial charge in [0.15, 0.2) is 5.82 Å². The van der Waals surface area contributed by atoms with E-state index in [0.717, 1.165) is 11.0 Å². The molecule has 1 fully saturated rings. The number of rotatable bonds is 12. The Morgan fingerprint density at radius 3 is 2.30 bits per heavy atom. The molecule has 2 aromatic carbocycles. The number of hydrogen-bond acceptors (Lipinski definition) is 7. The second-order valence-corrected chi connectivity index (χ2v) is 16.3. The third-order valence-corrected chi connectivity index (χ3v) is 12.8. The first-order chi connectivity index (χ1) is 20.7. The molecule has 0 N–H and O–H groups in total. The molecule has 1 unspecified atom stereocenters. The zero-order chi connectivity index (χ0) is 30.5. The predicted molar refractivity (Wildman–Crippen MR) is 173 cm³/mol. The standard InChI is InChI=1S/C33H43N5O4Si/c1-7-39-24-40-28-20-30(38-19-18-27-31(36-23-37(5)6)34-22-35-32(27)38)42-29(28)21-41-43(33(2,3)4,25-14-10-8-11-15-25)26-16-12-9-13-17-26/h8-19,22-23,28-30H,7,20-21,24H2,1-6H3/b36-23+/t28?,29-,30-/m1/s1. The Labute approximate surface area is 255 Å². The second kappa shape index (κ2) is 13.5. The highest BCUT2D eigenvalue weighted by Crippen LogP contribution is 2.39. The maximum atomic E-state index is 7.25. The van der Waals surface area contributed by atoms with Crippen LogP contribution in [0.2, 0.25) is 5.04 Å². The molecule has 4 aromatic rings. The number of hydrogen-bond donors (Lipinski definition) is 0. The minimum Gasteiger partial charge on any atom is -0.405 e. The lowest BCUT2D eigenvalue weighted by Crippen LogP contribution is -2.67. The monoisotopic (exact) mass is 601 g/mol. The first-order valence-electron chi connectivity index (χ1n) is 14.9. The van der Waals surface area contributed by atoms with E-state index < -0.39 is 8.32 Å². The van der Waals surface area contributed by atoms with Gasteiger partial charge in [-0.2, -0.15) is 0 Å². The van der Waals surface area contributed by atoms with E-state index in [2.05, 4.69) is 96.4 Å². The fraction of sp³-hybridized carbons (Fsp3) is 0.424. The number of aromatic nitrogens is 3. The largest absolute Gasteiger partial charge is 0.405 e. The van der Waals surface area contributed by atoms with Crippen molar-refractivity contribution in [2.45, 2.75) is 57.6 Å². The molecule has 3 atom stereocenters. The quantitative estimate of drug-likeness (QED) is 0.0751. The van der Waals surface area contributed by atoms with E-state index in [0.29, 0.717) is 25.5 Å². The molecular weight excluding hydrogens is 558 g/mol. The fourth-order valence-electron chi connectivity index (χ4n) is 5.85. The summed E-state index contributed by atoms with van der Waals surface area (Å²) in [5.41, 5.74) is 0.767. The van der Waals surface area contributed by atoms with Gasteiger partial charge in [-0.05, 0) is 28.4 Å². The average molecular weight is 602 g/mol. The highest BCUT2D eigenvalue weighted by atomic mass is 28.4. The van der Waals surface area contributed by atoms with Crippen LogP contribution in [0.4, 0.5) is 5.82 Å². The molecule has 0 saturated carbocycles. The molecular formula is C33H43N5O4Si. The first kappa shape index (κ1) is 31.0. The molecule has 10 heteroatoms. The topological polar surface area (TPSA) is 83.2 Å². The number of nitrogens with zero attached hydrogens (tertiary/aromatic N) is 5. The van der Waals surface area contributed by atoms with Crippen molar-refractivity contribution in [2.75, 3.05) is 34.1 Å². The summed E-state index contributed by atoms with van der Waals surface area (Å²) in [7, 11) is 1.10. The Balaban J connectivity index is 1.47. The number of aliphatic imine (C=N–C) groups is 1. The van der Waals surface area contributed by atoms with Crippen molar-refractivity contribution < 1.29 is 18.6 Å². The van der Waals surface area contributed by atoms with Gasteiger partial charge in [0.25, 0.3) is 8.32 Å². The van der Waals surface area contributed by atoms with E-state index in [9.17, 15) is 0 Å². The molecule has 9 nitrogen and oxygen atoms in total. The average Bonchev–Trinajstić information content (AvgIpc) is 3.61. The van der Waals surface area contributed by atoms with Crippen LogP contribution in [0, 0.1) is 0 Å². The molecule has 0 aliphatic carbocycles. The van der Waals surface area contributed by atoms with Crippen LogP contribution in [-0.4, -0.2) is 80.4 Å². The van der Waals surface area contributed by atoms with Crippen molar-refractivity contribution in [1.82, 2.24) is 19.4 Å². The summed E-state index contributed by atoms with van der Waals surface area (Å²) in [5.74, 6) is 0.617. The van der Waals surface area contributed by atoms with Crippen LogP contribution in [-0.2, 0) is 18.6 Å². The molecule has 0 radical (unpaired) electrons. The van der Waals surface area contributed by atoms with E-state index >= 15 is 0 Å². The van der Waals surface area contributed by atoms with Crippen LogP contribution in [0.25, 0.3) is 11.0 Å². The van der Waals surface area contributed by atoms with E-state index in [1.54, 1.807) is 12.7 Å². The van der Waals surface area contributed by atoms with E-state index in [1.807, 2.05) is 42.7 Å². The fourth-order valence-corrected chi connectivity index (χ4v) is 10.4. The number of ether oxygens (including phenoxy) is 3. The lowest BCUT2D eigenvalue weighted by atomic mass is 10.2. The van der Waals surface area contributed by atoms with Crippen molar-refractivity contribution in [2.24, 2.45) is 4.99 Å². The molecule has 1 aliphatic heterocycles. The van der Waals surface area contributed by atoms with Crippen molar-refractivity contribution in [3.8, 4) is 0 Å². The van der Waals surface area contributed by atoms with Gasteiger partial charge >= 0.3 is 0 Å². The zero-order valence-electron chi connectivity index (χ0n) is 26.0. The third-order valence-electron chi connectivity index (χ3n) is 7.84. The highest BCUT2D eigenvalue weighted by molar-refractivity contribution is 6.99. The molecule has 0 amide bonds. The summed E-state index contributed by atoms with van der Waals surface area (Å²) < 4.78 is 27.9. The molecule has 43 heavy (non-hydrogen) atoms. The Morgan fingerprint density at radius 2 is 1.70 bits per heavy atom. The highest BCUT2D eigenvalue weighted by Gasteiger charge is 2.51. The maximum absolute atomic E-state index is 7.25. The number of benzene rings is 2. The van der Waals surface area contributed by atoms with E-state index in [4.69, 9.17) is 18.6 Å². The van der Waals surface area contributed by atoms with Gasteiger partial charge in [-0.25, -0.2) is 15.0 Å². The Morgan fingerprint density at radius 1 is 1.02 bits per heavy atom. The molecule has 2 aromatic heterocycles. The summed E-state index contributed by atoms with van der Waals surface area (Å²) in [5, 5.41) is 3.18. The van der Waals surface area contributed by atoms with Crippen LogP contribution in [0.1, 0.15) is 40.3 Å². The van der Waals surface area contributed by atoms with Crippen LogP contribution < -0.4 is 10.4 Å². The zero-order valence-corrected chi connectivity index (χ0v) is 27.0. The van der Waals surface area contributed by atoms with Crippen molar-refractivity contribution in [3.63, 3.8) is 0 Å². The molecule has 0 bridgehead atoms. The molecule has 228 valence electrons. The molecule has 1 saturated heterocycles. The van der Waals surface area contributed by atoms with Gasteiger partial charge in [0.1, 0.15) is 31.1 Å². The summed E-state index contributed by atoms with van der Waals surface area (Å²) in [6, 6.07) is 23.3. The van der Waals surface area contributed by atoms with Crippen LogP contribution >= 0.6 is 0 Å². The second-order valence-electron chi connectivity index (χ2n) is 12.0. The van der Waals surface area contributed by atoms with Gasteiger partial charge in [-0.15, -0.1) is 0 Å². The summed E-state index contributed by atoms with van der Waals surface area (Å²) in [4.78, 5) is 15.4. The maximum Gasteiger partial charge on any atom is 0.261 e. The van der Waals surface area contributed by atoms with Crippen LogP contribution in [0.15, 0.2) is 84.2 Å². The normalized spacial score (nSPS) is 19.4. The predicted octanol–water partition coefficient (Wildman–Crippen LogP) is 4.90. The van der Waals surface area contributed by atoms with Gasteiger partial charge in [-0.1, -0.05) is 81.4 Å². The molecule has 3 heterocycles. The van der Waals surface area contributed by atoms with Crippen LogP contribution in [0.3, 0.4) is 0 Å². The lowest BCUT2D eigenvalue weighted by Gasteiger charge is -2.43. The van der Waals surface area contributed by atoms with E-state index in [-0.39, 0.29) is 30.3 Å². The van der Waals surface area contributed by atoms with Gasteiger partial charge in [0, 0.05) is 33.3 Å². The van der Waals surface area contributed by atoms with Crippen molar-refractivity contribution >= 4 is 41.9 Å². The Kier molecular flexibility index (Phi) is 9.73. The van der Waals surface area contributed by atoms with Crippen molar-refractivity contribution in [3.05, 3.63) is 79.3 Å². The van der Waals surface area contributed by atoms with E-state index in [1.165, 1.54) is 10.4 Å². The Bertz CT molecular complexity index is 1450. The first-order valence-corrected chi connectivity index (χ1v) is 16.8. The molecule has 1 aliphatic rings. The minimum atomic E-state index is -2.76. The minimum absolute atomic E-state index is 0.146. The van der Waals surface area contributed by atoms with Gasteiger partial charge in [0.2, 0.25) is 0 Å². The Hall–Kier alpha value is -3.41. The van der Waals surface area contributed by atoms with Crippen LogP contribution in [0.5, 0.6) is 0 Å². The summed E-state index contributed by atoms with van der Waals surface area (Å²) in [6.07, 6.45) is 5.08. The van der Waals surface area contributed by atoms with Gasteiger partial charge in [-0.3, -0.25) is 0 Å². The summed E-state index contributed by atoms with van der Waals surface area (Å²) in [6.45, 7) is 9.96. The SMILES string of the molecule is CCOCOC1C[C@H](n2ccc3c(/N=C/N(C)C)ncnc32)O[C@@H]1CO[Si](c1ccccc1)(c1ccccc1)C(C)(C)C. The van der Waals surface area contributed by atoms with Crippen molar-refractivity contribution in [1.29, 1.82) is 0 Å². The number of fused-ring (bicyclic) bond motifs is 1. The molecule has 5 rings (SSSR count). The van der Waals surface area contributed by atoms with Gasteiger partial charge < -0.3 is 28.1 Å². The smallest absolute Gasteiger partial charge is 0.261 e.